The Bertz CT molecular complexity index is 1430. The lowest BCUT2D eigenvalue weighted by Gasteiger charge is -2.06. The van der Waals surface area contributed by atoms with Gasteiger partial charge < -0.3 is 19.1 Å². The highest BCUT2D eigenvalue weighted by atomic mass is 16.5. The van der Waals surface area contributed by atoms with E-state index in [-0.39, 0.29) is 12.3 Å². The quantitative estimate of drug-likeness (QED) is 0.364. The lowest BCUT2D eigenvalue weighted by molar-refractivity contribution is -0.116. The van der Waals surface area contributed by atoms with Crippen molar-refractivity contribution in [1.29, 1.82) is 0 Å². The number of nitrogens with one attached hydrogen (secondary N) is 1. The highest BCUT2D eigenvalue weighted by molar-refractivity contribution is 6.09. The van der Waals surface area contributed by atoms with Crippen molar-refractivity contribution in [1.82, 2.24) is 14.7 Å². The van der Waals surface area contributed by atoms with Crippen LogP contribution < -0.4 is 10.1 Å². The molecule has 0 atom stereocenters. The van der Waals surface area contributed by atoms with Gasteiger partial charge in [0.05, 0.1) is 7.11 Å². The maximum absolute atomic E-state index is 12.6. The van der Waals surface area contributed by atoms with Gasteiger partial charge in [-0.05, 0) is 55.5 Å². The van der Waals surface area contributed by atoms with Crippen LogP contribution in [0.4, 0.5) is 5.69 Å². The van der Waals surface area contributed by atoms with E-state index in [0.717, 1.165) is 34.4 Å². The van der Waals surface area contributed by atoms with E-state index in [9.17, 15) is 4.79 Å². The van der Waals surface area contributed by atoms with E-state index in [2.05, 4.69) is 45.1 Å². The van der Waals surface area contributed by atoms with E-state index >= 15 is 0 Å². The predicted octanol–water partition coefficient (Wildman–Crippen LogP) is 5.44. The summed E-state index contributed by atoms with van der Waals surface area (Å²) in [5, 5.41) is 9.33. The lowest BCUT2D eigenvalue weighted by atomic mass is 10.1. The number of aromatic nitrogens is 3. The van der Waals surface area contributed by atoms with Crippen LogP contribution in [0.2, 0.25) is 0 Å². The summed E-state index contributed by atoms with van der Waals surface area (Å²) in [7, 11) is 1.62. The number of fused-ring (bicyclic) bond motifs is 3. The fraction of sp³-hybridized carbons (Fsp3) is 0.192. The average molecular weight is 441 g/mol. The molecule has 0 unspecified atom stereocenters. The molecule has 0 spiro atoms. The number of anilines is 1. The van der Waals surface area contributed by atoms with Crippen molar-refractivity contribution in [2.24, 2.45) is 0 Å². The number of nitrogens with zero attached hydrogens (tertiary/aromatic N) is 3. The van der Waals surface area contributed by atoms with Gasteiger partial charge in [0.2, 0.25) is 17.6 Å². The lowest BCUT2D eigenvalue weighted by Crippen LogP contribution is -2.12. The van der Waals surface area contributed by atoms with E-state index < -0.39 is 0 Å². The molecule has 3 aromatic carbocycles. The Kier molecular flexibility index (Phi) is 5.52. The summed E-state index contributed by atoms with van der Waals surface area (Å²) in [6.45, 7) is 3.03. The van der Waals surface area contributed by atoms with E-state index in [1.807, 2.05) is 48.5 Å². The SMILES string of the molecule is CCn1c2ccccc2c2cc(NC(=O)CCc3nc(-c4ccc(OC)cc4)no3)ccc21. The van der Waals surface area contributed by atoms with Gasteiger partial charge in [-0.25, -0.2) is 0 Å². The molecule has 7 nitrogen and oxygen atoms in total. The molecule has 0 aliphatic carbocycles. The molecule has 5 rings (SSSR count). The molecule has 0 saturated heterocycles. The van der Waals surface area contributed by atoms with E-state index in [1.54, 1.807) is 7.11 Å². The second-order valence-corrected chi connectivity index (χ2v) is 7.78. The van der Waals surface area contributed by atoms with Gasteiger partial charge in [0.1, 0.15) is 5.75 Å². The zero-order valence-corrected chi connectivity index (χ0v) is 18.5. The van der Waals surface area contributed by atoms with Crippen molar-refractivity contribution in [3.8, 4) is 17.1 Å². The minimum atomic E-state index is -0.0993. The van der Waals surface area contributed by atoms with Gasteiger partial charge >= 0.3 is 0 Å². The third-order valence-corrected chi connectivity index (χ3v) is 5.75. The van der Waals surface area contributed by atoms with Crippen LogP contribution in [0, 0.1) is 0 Å². The molecule has 0 bridgehead atoms. The van der Waals surface area contributed by atoms with Crippen LogP contribution >= 0.6 is 0 Å². The number of benzene rings is 3. The summed E-state index contributed by atoms with van der Waals surface area (Å²) in [4.78, 5) is 17.0. The molecule has 1 N–H and O–H groups in total. The Morgan fingerprint density at radius 2 is 1.82 bits per heavy atom. The second-order valence-electron chi connectivity index (χ2n) is 7.78. The number of rotatable bonds is 7. The van der Waals surface area contributed by atoms with Crippen LogP contribution in [0.3, 0.4) is 0 Å². The highest BCUT2D eigenvalue weighted by Gasteiger charge is 2.13. The Morgan fingerprint density at radius 1 is 1.03 bits per heavy atom. The van der Waals surface area contributed by atoms with Crippen LogP contribution in [0.5, 0.6) is 5.75 Å². The van der Waals surface area contributed by atoms with Gasteiger partial charge in [-0.3, -0.25) is 4.79 Å². The number of methoxy groups -OCH3 is 1. The molecular formula is C26H24N4O3. The molecule has 0 aliphatic heterocycles. The number of hydrogen-bond donors (Lipinski definition) is 1. The van der Waals surface area contributed by atoms with E-state index in [0.29, 0.717) is 18.1 Å². The third kappa shape index (κ3) is 4.05. The maximum atomic E-state index is 12.6. The summed E-state index contributed by atoms with van der Waals surface area (Å²) in [6.07, 6.45) is 0.616. The van der Waals surface area contributed by atoms with Crippen LogP contribution in [0.15, 0.2) is 71.3 Å². The Hall–Kier alpha value is -4.13. The first kappa shape index (κ1) is 20.8. The van der Waals surface area contributed by atoms with Gasteiger partial charge in [-0.2, -0.15) is 4.98 Å². The predicted molar refractivity (Wildman–Crippen MR) is 128 cm³/mol. The van der Waals surface area contributed by atoms with Crippen LogP contribution in [0.1, 0.15) is 19.2 Å². The molecule has 2 aromatic heterocycles. The number of ether oxygens (including phenoxy) is 1. The zero-order chi connectivity index (χ0) is 22.8. The first-order valence-corrected chi connectivity index (χ1v) is 10.9. The number of aryl methyl sites for hydroxylation is 2. The fourth-order valence-electron chi connectivity index (χ4n) is 4.13. The smallest absolute Gasteiger partial charge is 0.227 e. The van der Waals surface area contributed by atoms with Crippen molar-refractivity contribution in [2.45, 2.75) is 26.3 Å². The summed E-state index contributed by atoms with van der Waals surface area (Å²) in [5.41, 5.74) is 3.96. The molecule has 5 aromatic rings. The monoisotopic (exact) mass is 440 g/mol. The van der Waals surface area contributed by atoms with Crippen LogP contribution in [0.25, 0.3) is 33.2 Å². The fourth-order valence-corrected chi connectivity index (χ4v) is 4.13. The second kappa shape index (κ2) is 8.78. The van der Waals surface area contributed by atoms with Crippen molar-refractivity contribution in [3.63, 3.8) is 0 Å². The topological polar surface area (TPSA) is 82.2 Å². The molecular weight excluding hydrogens is 416 g/mol. The van der Waals surface area contributed by atoms with Crippen molar-refractivity contribution in [3.05, 3.63) is 72.6 Å². The summed E-state index contributed by atoms with van der Waals surface area (Å²) in [6, 6.07) is 21.8. The Labute approximate surface area is 191 Å². The van der Waals surface area contributed by atoms with Crippen molar-refractivity contribution in [2.75, 3.05) is 12.4 Å². The number of para-hydroxylation sites is 1. The van der Waals surface area contributed by atoms with Gasteiger partial charge in [0.25, 0.3) is 0 Å². The molecule has 7 heteroatoms. The number of hydrogen-bond acceptors (Lipinski definition) is 5. The first-order valence-electron chi connectivity index (χ1n) is 10.9. The normalized spacial score (nSPS) is 11.2. The molecule has 166 valence electrons. The molecule has 0 aliphatic rings. The first-order chi connectivity index (χ1) is 16.2. The summed E-state index contributed by atoms with van der Waals surface area (Å²) in [5.74, 6) is 1.58. The van der Waals surface area contributed by atoms with Gasteiger partial charge in [-0.15, -0.1) is 0 Å². The van der Waals surface area contributed by atoms with E-state index in [1.165, 1.54) is 10.9 Å². The highest BCUT2D eigenvalue weighted by Crippen LogP contribution is 2.31. The van der Waals surface area contributed by atoms with Crippen LogP contribution in [-0.4, -0.2) is 27.7 Å². The number of carbonyl (C=O) groups is 1. The van der Waals surface area contributed by atoms with Gasteiger partial charge in [0, 0.05) is 52.4 Å². The van der Waals surface area contributed by atoms with Crippen molar-refractivity contribution >= 4 is 33.4 Å². The third-order valence-electron chi connectivity index (χ3n) is 5.75. The summed E-state index contributed by atoms with van der Waals surface area (Å²) < 4.78 is 12.8. The van der Waals surface area contributed by atoms with Gasteiger partial charge in [-0.1, -0.05) is 23.4 Å². The van der Waals surface area contributed by atoms with Crippen LogP contribution in [-0.2, 0) is 17.8 Å². The molecule has 0 saturated carbocycles. The van der Waals surface area contributed by atoms with Crippen molar-refractivity contribution < 1.29 is 14.1 Å². The maximum Gasteiger partial charge on any atom is 0.227 e. The van der Waals surface area contributed by atoms with E-state index in [4.69, 9.17) is 9.26 Å². The minimum Gasteiger partial charge on any atom is -0.497 e. The Balaban J connectivity index is 1.27. The molecule has 1 amide bonds. The Morgan fingerprint density at radius 3 is 2.61 bits per heavy atom. The molecule has 33 heavy (non-hydrogen) atoms. The van der Waals surface area contributed by atoms with Gasteiger partial charge in [0.15, 0.2) is 0 Å². The molecule has 0 radical (unpaired) electrons. The number of carbonyl (C=O) groups excluding carboxylic acids is 1. The number of amides is 1. The molecule has 0 fully saturated rings. The standard InChI is InChI=1S/C26H24N4O3/c1-3-30-22-7-5-4-6-20(22)21-16-18(10-13-23(21)30)27-24(31)14-15-25-28-26(29-33-25)17-8-11-19(32-2)12-9-17/h4-13,16H,3,14-15H2,1-2H3,(H,27,31). The zero-order valence-electron chi connectivity index (χ0n) is 18.5. The average Bonchev–Trinajstić information content (AvgIpc) is 3.45. The largest absolute Gasteiger partial charge is 0.497 e. The molecule has 2 heterocycles. The minimum absolute atomic E-state index is 0.0993. The summed E-state index contributed by atoms with van der Waals surface area (Å²) >= 11 is 0.